The lowest BCUT2D eigenvalue weighted by Gasteiger charge is -2.18. The van der Waals surface area contributed by atoms with E-state index in [1.54, 1.807) is 0 Å². The van der Waals surface area contributed by atoms with Gasteiger partial charge in [0, 0.05) is 11.6 Å². The van der Waals surface area contributed by atoms with Gasteiger partial charge in [-0.2, -0.15) is 0 Å². The van der Waals surface area contributed by atoms with Gasteiger partial charge in [-0.1, -0.05) is 72.8 Å². The molecule has 0 amide bonds. The zero-order valence-corrected chi connectivity index (χ0v) is 16.8. The Kier molecular flexibility index (Phi) is 4.74. The first-order chi connectivity index (χ1) is 14.8. The Bertz CT molecular complexity index is 1240. The quantitative estimate of drug-likeness (QED) is 0.469. The van der Waals surface area contributed by atoms with E-state index in [4.69, 9.17) is 4.74 Å². The normalized spacial score (nSPS) is 17.8. The molecule has 0 atom stereocenters. The Labute approximate surface area is 177 Å². The van der Waals surface area contributed by atoms with E-state index < -0.39 is 0 Å². The van der Waals surface area contributed by atoms with Crippen LogP contribution in [0.3, 0.4) is 0 Å². The molecule has 2 heterocycles. The van der Waals surface area contributed by atoms with E-state index in [1.807, 2.05) is 24.3 Å². The van der Waals surface area contributed by atoms with Crippen LogP contribution in [-0.2, 0) is 4.74 Å². The molecule has 2 aliphatic rings. The molecule has 0 fully saturated rings. The van der Waals surface area contributed by atoms with Crippen LogP contribution < -0.4 is 0 Å². The van der Waals surface area contributed by atoms with Crippen molar-refractivity contribution >= 4 is 28.8 Å². The first-order valence-electron chi connectivity index (χ1n) is 10.1. The predicted octanol–water partition coefficient (Wildman–Crippen LogP) is 6.47. The molecule has 5 rings (SSSR count). The average Bonchev–Trinajstić information content (AvgIpc) is 3.14. The van der Waals surface area contributed by atoms with Crippen LogP contribution in [0.1, 0.15) is 16.7 Å². The highest BCUT2D eigenvalue weighted by atomic mass is 16.5. The Morgan fingerprint density at radius 2 is 1.37 bits per heavy atom. The fourth-order valence-electron chi connectivity index (χ4n) is 3.82. The van der Waals surface area contributed by atoms with Gasteiger partial charge in [0.05, 0.1) is 11.1 Å². The summed E-state index contributed by atoms with van der Waals surface area (Å²) in [6, 6.07) is 29.1. The van der Waals surface area contributed by atoms with Crippen LogP contribution in [0.5, 0.6) is 0 Å². The maximum atomic E-state index is 6.27. The molecule has 2 heteroatoms. The van der Waals surface area contributed by atoms with Gasteiger partial charge in [0.2, 0.25) is 5.69 Å². The molecular formula is C28H22NO+. The maximum Gasteiger partial charge on any atom is 0.213 e. The molecule has 2 aliphatic heterocycles. The molecule has 3 aromatic carbocycles. The monoisotopic (exact) mass is 388 g/mol. The lowest BCUT2D eigenvalue weighted by Crippen LogP contribution is -1.99. The molecule has 144 valence electrons. The molecule has 0 aromatic heterocycles. The second kappa shape index (κ2) is 7.84. The van der Waals surface area contributed by atoms with E-state index in [-0.39, 0.29) is 0 Å². The minimum Gasteiger partial charge on any atom is -0.457 e. The maximum absolute atomic E-state index is 6.27. The zero-order valence-electron chi connectivity index (χ0n) is 16.8. The molecule has 0 aliphatic carbocycles. The van der Waals surface area contributed by atoms with Crippen molar-refractivity contribution in [2.45, 2.75) is 0 Å². The molecule has 3 aromatic rings. The van der Waals surface area contributed by atoms with Gasteiger partial charge in [-0.25, -0.2) is 4.58 Å². The van der Waals surface area contributed by atoms with Crippen molar-refractivity contribution in [3.63, 3.8) is 0 Å². The van der Waals surface area contributed by atoms with E-state index >= 15 is 0 Å². The molecular weight excluding hydrogens is 366 g/mol. The Hall–Kier alpha value is -3.91. The first kappa shape index (κ1) is 18.1. The highest BCUT2D eigenvalue weighted by molar-refractivity contribution is 6.12. The standard InChI is InChI=1S/C28H22NO/c1-29-20-23(26-14-8-9-15-27(26)29)16-17-25-18-24(21-10-4-2-5-11-21)19-28(30-25)22-12-6-3-7-13-22/h2-20H,1H3/q+1. The predicted molar refractivity (Wildman–Crippen MR) is 124 cm³/mol. The lowest BCUT2D eigenvalue weighted by molar-refractivity contribution is -0.395. The number of ether oxygens (including phenoxy) is 1. The summed E-state index contributed by atoms with van der Waals surface area (Å²) in [5.41, 5.74) is 7.00. The van der Waals surface area contributed by atoms with Gasteiger partial charge in [0.15, 0.2) is 6.21 Å². The molecule has 0 unspecified atom stereocenters. The van der Waals surface area contributed by atoms with E-state index in [0.29, 0.717) is 0 Å². The summed E-state index contributed by atoms with van der Waals surface area (Å²) in [4.78, 5) is 0. The van der Waals surface area contributed by atoms with Gasteiger partial charge in [-0.3, -0.25) is 0 Å². The minimum absolute atomic E-state index is 0.822. The van der Waals surface area contributed by atoms with E-state index in [0.717, 1.165) is 22.7 Å². The molecule has 0 radical (unpaired) electrons. The summed E-state index contributed by atoms with van der Waals surface area (Å²) in [7, 11) is 2.08. The molecule has 0 spiro atoms. The van der Waals surface area contributed by atoms with Crippen LogP contribution in [0.4, 0.5) is 5.69 Å². The fraction of sp³-hybridized carbons (Fsp3) is 0.0357. The number of benzene rings is 3. The third-order valence-electron chi connectivity index (χ3n) is 5.33. The fourth-order valence-corrected chi connectivity index (χ4v) is 3.82. The number of allylic oxidation sites excluding steroid dienone is 6. The Morgan fingerprint density at radius 3 is 2.13 bits per heavy atom. The van der Waals surface area contributed by atoms with Gasteiger partial charge in [-0.05, 0) is 41.5 Å². The number of hydrogen-bond donors (Lipinski definition) is 0. The smallest absolute Gasteiger partial charge is 0.213 e. The van der Waals surface area contributed by atoms with E-state index in [9.17, 15) is 0 Å². The van der Waals surface area contributed by atoms with Crippen LogP contribution in [0, 0.1) is 0 Å². The highest BCUT2D eigenvalue weighted by Gasteiger charge is 2.22. The second-order valence-electron chi connectivity index (χ2n) is 7.39. The van der Waals surface area contributed by atoms with Gasteiger partial charge in [-0.15, -0.1) is 0 Å². The van der Waals surface area contributed by atoms with Crippen molar-refractivity contribution < 1.29 is 9.31 Å². The summed E-state index contributed by atoms with van der Waals surface area (Å²) in [5, 5.41) is 0. The van der Waals surface area contributed by atoms with Crippen molar-refractivity contribution in [2.75, 3.05) is 7.05 Å². The number of rotatable bonds is 3. The molecule has 2 nitrogen and oxygen atoms in total. The van der Waals surface area contributed by atoms with Crippen molar-refractivity contribution in [1.82, 2.24) is 0 Å². The van der Waals surface area contributed by atoms with Crippen molar-refractivity contribution in [2.24, 2.45) is 0 Å². The molecule has 0 saturated carbocycles. The topological polar surface area (TPSA) is 12.2 Å². The van der Waals surface area contributed by atoms with Gasteiger partial charge in [0.1, 0.15) is 18.6 Å². The van der Waals surface area contributed by atoms with Crippen LogP contribution in [0.2, 0.25) is 0 Å². The largest absolute Gasteiger partial charge is 0.457 e. The first-order valence-corrected chi connectivity index (χ1v) is 10.1. The van der Waals surface area contributed by atoms with Gasteiger partial charge >= 0.3 is 0 Å². The number of nitrogens with zero attached hydrogens (tertiary/aromatic N) is 1. The van der Waals surface area contributed by atoms with E-state index in [2.05, 4.69) is 103 Å². The highest BCUT2D eigenvalue weighted by Crippen LogP contribution is 2.33. The van der Waals surface area contributed by atoms with Crippen LogP contribution in [0.25, 0.3) is 16.9 Å². The van der Waals surface area contributed by atoms with E-state index in [1.165, 1.54) is 22.4 Å². The second-order valence-corrected chi connectivity index (χ2v) is 7.39. The number of fused-ring (bicyclic) bond motifs is 1. The van der Waals surface area contributed by atoms with Gasteiger partial charge < -0.3 is 4.74 Å². The number of hydrogen-bond acceptors (Lipinski definition) is 1. The summed E-state index contributed by atoms with van der Waals surface area (Å²) in [5.74, 6) is 1.68. The third-order valence-corrected chi connectivity index (χ3v) is 5.33. The molecule has 30 heavy (non-hydrogen) atoms. The SMILES string of the molecule is C[N+]1=CC(=CC=C2C=C(c3ccccc3)C=C(c3ccccc3)O2)c2ccccc21. The van der Waals surface area contributed by atoms with Crippen LogP contribution >= 0.6 is 0 Å². The summed E-state index contributed by atoms with van der Waals surface area (Å²) < 4.78 is 8.43. The Morgan fingerprint density at radius 1 is 0.700 bits per heavy atom. The molecule has 0 bridgehead atoms. The van der Waals surface area contributed by atoms with Crippen molar-refractivity contribution in [3.8, 4) is 0 Å². The number of para-hydroxylation sites is 1. The van der Waals surface area contributed by atoms with Crippen molar-refractivity contribution in [3.05, 3.63) is 132 Å². The van der Waals surface area contributed by atoms with Gasteiger partial charge in [0.25, 0.3) is 0 Å². The van der Waals surface area contributed by atoms with Crippen LogP contribution in [0.15, 0.2) is 115 Å². The molecule has 0 saturated heterocycles. The summed E-state index contributed by atoms with van der Waals surface area (Å²) in [6.07, 6.45) is 10.6. The lowest BCUT2D eigenvalue weighted by atomic mass is 10.0. The Balaban J connectivity index is 1.55. The average molecular weight is 388 g/mol. The summed E-state index contributed by atoms with van der Waals surface area (Å²) in [6.45, 7) is 0. The van der Waals surface area contributed by atoms with Crippen LogP contribution in [-0.4, -0.2) is 17.8 Å². The third kappa shape index (κ3) is 3.56. The minimum atomic E-state index is 0.822. The molecule has 0 N–H and O–H groups in total. The zero-order chi connectivity index (χ0) is 20.3. The summed E-state index contributed by atoms with van der Waals surface area (Å²) >= 11 is 0. The van der Waals surface area contributed by atoms with Crippen molar-refractivity contribution in [1.29, 1.82) is 0 Å².